The van der Waals surface area contributed by atoms with Gasteiger partial charge in [0.1, 0.15) is 17.6 Å². The van der Waals surface area contributed by atoms with Crippen molar-refractivity contribution in [3.8, 4) is 33.8 Å². The molecule has 0 saturated heterocycles. The highest BCUT2D eigenvalue weighted by Crippen LogP contribution is 2.53. The summed E-state index contributed by atoms with van der Waals surface area (Å²) >= 11 is 0. The molecule has 0 N–H and O–H groups in total. The Morgan fingerprint density at radius 2 is 1.25 bits per heavy atom. The van der Waals surface area contributed by atoms with Gasteiger partial charge in [-0.25, -0.2) is 0 Å². The predicted octanol–water partition coefficient (Wildman–Crippen LogP) is 15.6. The van der Waals surface area contributed by atoms with Crippen LogP contribution in [0.25, 0.3) is 79.2 Å². The van der Waals surface area contributed by atoms with Crippen molar-refractivity contribution in [2.45, 2.75) is 108 Å². The molecule has 0 amide bonds. The third-order valence-corrected chi connectivity index (χ3v) is 17.9. The number of ether oxygens (including phenoxy) is 2. The van der Waals surface area contributed by atoms with Crippen molar-refractivity contribution in [1.29, 1.82) is 0 Å². The first-order valence-corrected chi connectivity index (χ1v) is 27.3. The minimum Gasteiger partial charge on any atom is -0.490 e. The van der Waals surface area contributed by atoms with Crippen LogP contribution in [0.5, 0.6) is 11.5 Å². The Morgan fingerprint density at radius 3 is 1.97 bits per heavy atom. The van der Waals surface area contributed by atoms with Crippen LogP contribution >= 0.6 is 0 Å². The van der Waals surface area contributed by atoms with E-state index in [9.17, 15) is 0 Å². The Bertz CT molecular complexity index is 4030. The van der Waals surface area contributed by atoms with Gasteiger partial charge in [0.15, 0.2) is 0 Å². The molecule has 7 aromatic carbocycles. The second kappa shape index (κ2) is 16.8. The number of benzene rings is 7. The molecule has 8 aliphatic rings. The van der Waals surface area contributed by atoms with Gasteiger partial charge < -0.3 is 9.47 Å². The molecular formula is C71H60O2. The van der Waals surface area contributed by atoms with Crippen LogP contribution in [0.4, 0.5) is 0 Å². The summed E-state index contributed by atoms with van der Waals surface area (Å²) in [6.45, 7) is 4.90. The monoisotopic (exact) mass is 944 g/mol. The topological polar surface area (TPSA) is 18.5 Å². The minimum atomic E-state index is -0.174. The van der Waals surface area contributed by atoms with Crippen LogP contribution in [0, 0.1) is 0 Å². The molecule has 356 valence electrons. The van der Waals surface area contributed by atoms with Crippen molar-refractivity contribution in [3.63, 3.8) is 0 Å². The summed E-state index contributed by atoms with van der Waals surface area (Å²) in [6.07, 6.45) is 36.0. The smallest absolute Gasteiger partial charge is 0.128 e. The molecule has 0 saturated carbocycles. The molecule has 8 aliphatic carbocycles. The molecule has 0 aromatic heterocycles. The fourth-order valence-electron chi connectivity index (χ4n) is 14.4. The maximum absolute atomic E-state index is 6.92. The van der Waals surface area contributed by atoms with Crippen molar-refractivity contribution in [2.75, 3.05) is 0 Å². The molecule has 15 rings (SSSR count). The van der Waals surface area contributed by atoms with Crippen LogP contribution in [0.3, 0.4) is 0 Å². The predicted molar refractivity (Wildman–Crippen MR) is 304 cm³/mol. The van der Waals surface area contributed by atoms with E-state index in [0.717, 1.165) is 62.2 Å². The zero-order chi connectivity index (χ0) is 48.4. The molecule has 0 aliphatic heterocycles. The standard InChI is InChI=1S/C71H60O2/c1-71(2)65-41-47(55-35-57(39-61(37-55)72-59-15-5-3-6-16-59)53-31-49-23-19-43-11-9-12-44-20-24-50(32-53)69(49)67(43)44)27-29-63(65)64-30-28-48(42-66(64)71)56-36-58(40-62(38-56)73-60-17-7-4-8-18-60)54-33-51-25-21-45-13-10-14-46-22-26-52(34-54)70(51)68(45)46/h3-7,11,13,15-17,19,21,23-27,29,31-37,39-42,44,46,62H,8-10,12,14,18,20,22,28,30,38H2,1-2H3. The van der Waals surface area contributed by atoms with Crippen LogP contribution in [-0.4, -0.2) is 6.10 Å². The lowest BCUT2D eigenvalue weighted by atomic mass is 9.76. The van der Waals surface area contributed by atoms with Crippen molar-refractivity contribution < 1.29 is 9.47 Å². The van der Waals surface area contributed by atoms with Crippen LogP contribution in [-0.2, 0) is 10.2 Å². The summed E-state index contributed by atoms with van der Waals surface area (Å²) in [7, 11) is 0. The first-order chi connectivity index (χ1) is 35.8. The highest BCUT2D eigenvalue weighted by Gasteiger charge is 2.39. The van der Waals surface area contributed by atoms with E-state index in [0.29, 0.717) is 11.8 Å². The molecule has 0 spiro atoms. The summed E-state index contributed by atoms with van der Waals surface area (Å²) in [5, 5.41) is 11.3. The van der Waals surface area contributed by atoms with E-state index in [1.54, 1.807) is 11.1 Å². The first-order valence-electron chi connectivity index (χ1n) is 27.3. The number of allylic oxidation sites excluding steroid dienone is 10. The third kappa shape index (κ3) is 7.27. The Hall–Kier alpha value is -7.42. The zero-order valence-electron chi connectivity index (χ0n) is 42.1. The molecule has 7 aromatic rings. The zero-order valence-corrected chi connectivity index (χ0v) is 42.1. The van der Waals surface area contributed by atoms with Gasteiger partial charge in [0, 0.05) is 18.3 Å². The average Bonchev–Trinajstić information content (AvgIpc) is 3.66. The number of rotatable bonds is 8. The molecule has 0 heterocycles. The molecule has 3 atom stereocenters. The lowest BCUT2D eigenvalue weighted by Crippen LogP contribution is -2.25. The SMILES string of the molecule is CC1(C)C2=C(CCC(C3=CC(c4cc5c6c7c(ccc6c4)=CCCC7CC=5)=CC(OC4=CC=CCC4)C3)=C2)c2ccc(-c3cc(Oc4ccccc4)cc(-c4cc5c6c7c(ccc6c4)=CCCC7CC=5)c3)cc21. The Kier molecular flexibility index (Phi) is 9.95. The van der Waals surface area contributed by atoms with E-state index in [4.69, 9.17) is 9.47 Å². The minimum absolute atomic E-state index is 0.0298. The number of hydrogen-bond donors (Lipinski definition) is 0. The molecule has 0 bridgehead atoms. The Labute approximate surface area is 428 Å². The second-order valence-electron chi connectivity index (χ2n) is 22.7. The highest BCUT2D eigenvalue weighted by atomic mass is 16.5. The van der Waals surface area contributed by atoms with Gasteiger partial charge in [-0.05, 0) is 263 Å². The van der Waals surface area contributed by atoms with E-state index >= 15 is 0 Å². The van der Waals surface area contributed by atoms with Crippen molar-refractivity contribution >= 4 is 57.0 Å². The number of hydrogen-bond acceptors (Lipinski definition) is 2. The van der Waals surface area contributed by atoms with E-state index in [2.05, 4.69) is 160 Å². The van der Waals surface area contributed by atoms with E-state index in [1.165, 1.54) is 135 Å². The summed E-state index contributed by atoms with van der Waals surface area (Å²) in [4.78, 5) is 0. The van der Waals surface area contributed by atoms with Crippen LogP contribution in [0.1, 0.15) is 124 Å². The van der Waals surface area contributed by atoms with Gasteiger partial charge in [0.25, 0.3) is 0 Å². The molecule has 0 fully saturated rings. The first kappa shape index (κ1) is 43.2. The van der Waals surface area contributed by atoms with Crippen LogP contribution in [0.2, 0.25) is 0 Å². The lowest BCUT2D eigenvalue weighted by molar-refractivity contribution is 0.146. The van der Waals surface area contributed by atoms with Gasteiger partial charge in [-0.15, -0.1) is 0 Å². The summed E-state index contributed by atoms with van der Waals surface area (Å²) in [5.41, 5.74) is 19.0. The van der Waals surface area contributed by atoms with Gasteiger partial charge in [0.2, 0.25) is 0 Å². The van der Waals surface area contributed by atoms with Crippen molar-refractivity contribution in [2.24, 2.45) is 0 Å². The molecule has 0 radical (unpaired) electrons. The van der Waals surface area contributed by atoms with Crippen LogP contribution < -0.4 is 25.6 Å². The van der Waals surface area contributed by atoms with Crippen LogP contribution in [0.15, 0.2) is 174 Å². The van der Waals surface area contributed by atoms with Gasteiger partial charge in [0.05, 0.1) is 5.76 Å². The average molecular weight is 945 g/mol. The Balaban J connectivity index is 0.794. The number of para-hydroxylation sites is 1. The molecule has 2 heteroatoms. The fourth-order valence-corrected chi connectivity index (χ4v) is 14.4. The molecule has 73 heavy (non-hydrogen) atoms. The lowest BCUT2D eigenvalue weighted by Gasteiger charge is -2.30. The van der Waals surface area contributed by atoms with Gasteiger partial charge in [-0.3, -0.25) is 0 Å². The quantitative estimate of drug-likeness (QED) is 0.151. The number of fused-ring (bicyclic) bond motifs is 2. The van der Waals surface area contributed by atoms with E-state index < -0.39 is 0 Å². The normalized spacial score (nSPS) is 21.6. The third-order valence-electron chi connectivity index (χ3n) is 17.9. The maximum atomic E-state index is 6.92. The molecule has 3 unspecified atom stereocenters. The summed E-state index contributed by atoms with van der Waals surface area (Å²) < 4.78 is 13.6. The summed E-state index contributed by atoms with van der Waals surface area (Å²) in [6, 6.07) is 43.6. The molecule has 2 nitrogen and oxygen atoms in total. The van der Waals surface area contributed by atoms with Gasteiger partial charge >= 0.3 is 0 Å². The maximum Gasteiger partial charge on any atom is 0.128 e. The summed E-state index contributed by atoms with van der Waals surface area (Å²) in [5.74, 6) is 4.06. The highest BCUT2D eigenvalue weighted by molar-refractivity contribution is 5.95. The van der Waals surface area contributed by atoms with Crippen molar-refractivity contribution in [3.05, 3.63) is 223 Å². The molecular weight excluding hydrogens is 885 g/mol. The van der Waals surface area contributed by atoms with E-state index in [1.807, 2.05) is 30.3 Å². The van der Waals surface area contributed by atoms with Crippen molar-refractivity contribution in [1.82, 2.24) is 0 Å². The van der Waals surface area contributed by atoms with Gasteiger partial charge in [-0.2, -0.15) is 0 Å². The fraction of sp³-hybridized carbons (Fsp3) is 0.239. The Morgan fingerprint density at radius 1 is 0.548 bits per heavy atom. The second-order valence-corrected chi connectivity index (χ2v) is 22.7. The van der Waals surface area contributed by atoms with Gasteiger partial charge in [-0.1, -0.05) is 117 Å². The van der Waals surface area contributed by atoms with E-state index in [-0.39, 0.29) is 11.5 Å². The largest absolute Gasteiger partial charge is 0.490 e.